The fraction of sp³-hybridized carbons (Fsp3) is 0.849. The number of aliphatic hydroxyl groups excluding tert-OH is 2. The minimum atomic E-state index is -1.90. The summed E-state index contributed by atoms with van der Waals surface area (Å²) in [5.41, 5.74) is 0. The molecule has 1 fully saturated rings. The van der Waals surface area contributed by atoms with E-state index in [1.165, 1.54) is 77.0 Å². The number of hydrogen-bond acceptors (Lipinski definition) is 11. The van der Waals surface area contributed by atoms with Gasteiger partial charge >= 0.3 is 23.9 Å². The number of carboxylic acid groups (broad SMARTS) is 1. The molecule has 12 heteroatoms. The highest BCUT2D eigenvalue weighted by Crippen LogP contribution is 2.26. The maximum Gasteiger partial charge on any atom is 0.335 e. The molecule has 3 N–H and O–H groups in total. The van der Waals surface area contributed by atoms with Gasteiger partial charge in [-0.25, -0.2) is 4.79 Å². The van der Waals surface area contributed by atoms with E-state index in [0.29, 0.717) is 19.3 Å². The summed E-state index contributed by atoms with van der Waals surface area (Å²) >= 11 is 0. The zero-order valence-electron chi connectivity index (χ0n) is 41.2. The second kappa shape index (κ2) is 42.5. The minimum absolute atomic E-state index is 0.0644. The van der Waals surface area contributed by atoms with Gasteiger partial charge in [-0.3, -0.25) is 14.4 Å². The Balaban J connectivity index is 2.73. The summed E-state index contributed by atoms with van der Waals surface area (Å²) < 4.78 is 28.2. The van der Waals surface area contributed by atoms with Gasteiger partial charge in [0.2, 0.25) is 0 Å². The van der Waals surface area contributed by atoms with E-state index in [2.05, 4.69) is 45.1 Å². The Morgan fingerprint density at radius 1 is 0.492 bits per heavy atom. The first-order valence-corrected chi connectivity index (χ1v) is 26.3. The van der Waals surface area contributed by atoms with Crippen LogP contribution in [0.5, 0.6) is 0 Å². The molecule has 0 aliphatic carbocycles. The number of carboxylic acids is 1. The number of unbranched alkanes of at least 4 members (excludes halogenated alkanes) is 26. The lowest BCUT2D eigenvalue weighted by molar-refractivity contribution is -0.301. The summed E-state index contributed by atoms with van der Waals surface area (Å²) in [7, 11) is 0. The van der Waals surface area contributed by atoms with Crippen LogP contribution in [0.15, 0.2) is 24.3 Å². The van der Waals surface area contributed by atoms with Gasteiger partial charge in [-0.05, 0) is 57.8 Å². The molecule has 1 rings (SSSR count). The molecule has 0 radical (unpaired) electrons. The molecular weight excluding hydrogens is 829 g/mol. The molecular formula is C53H94O12. The van der Waals surface area contributed by atoms with Gasteiger partial charge in [-0.2, -0.15) is 0 Å². The Bertz CT molecular complexity index is 1240. The molecule has 1 aliphatic rings. The molecule has 0 aromatic rings. The first kappa shape index (κ1) is 60.2. The summed E-state index contributed by atoms with van der Waals surface area (Å²) in [6.07, 6.45) is 33.1. The molecule has 0 saturated carbocycles. The van der Waals surface area contributed by atoms with Crippen LogP contribution in [0.3, 0.4) is 0 Å². The van der Waals surface area contributed by atoms with E-state index in [1.54, 1.807) is 0 Å². The number of carbonyl (C=O) groups excluding carboxylic acids is 3. The first-order chi connectivity index (χ1) is 31.6. The number of esters is 3. The van der Waals surface area contributed by atoms with Gasteiger partial charge in [0.25, 0.3) is 0 Å². The average Bonchev–Trinajstić information content (AvgIpc) is 3.29. The van der Waals surface area contributed by atoms with Gasteiger partial charge in [0, 0.05) is 19.3 Å². The summed E-state index contributed by atoms with van der Waals surface area (Å²) in [6.45, 7) is 5.88. The Kier molecular flexibility index (Phi) is 39.4. The van der Waals surface area contributed by atoms with Gasteiger partial charge in [0.15, 0.2) is 24.6 Å². The molecule has 6 unspecified atom stereocenters. The maximum atomic E-state index is 13.0. The van der Waals surface area contributed by atoms with Crippen LogP contribution in [0.25, 0.3) is 0 Å². The smallest absolute Gasteiger partial charge is 0.335 e. The van der Waals surface area contributed by atoms with Crippen molar-refractivity contribution >= 4 is 23.9 Å². The van der Waals surface area contributed by atoms with Gasteiger partial charge in [0.1, 0.15) is 18.8 Å². The van der Waals surface area contributed by atoms with Crippen molar-refractivity contribution in [3.63, 3.8) is 0 Å². The summed E-state index contributed by atoms with van der Waals surface area (Å²) in [5, 5.41) is 31.3. The van der Waals surface area contributed by atoms with E-state index >= 15 is 0 Å². The third-order valence-corrected chi connectivity index (χ3v) is 12.0. The van der Waals surface area contributed by atoms with Crippen LogP contribution in [0.1, 0.15) is 239 Å². The van der Waals surface area contributed by atoms with E-state index in [4.69, 9.17) is 23.7 Å². The van der Waals surface area contributed by atoms with E-state index in [9.17, 15) is 34.5 Å². The molecule has 1 aliphatic heterocycles. The van der Waals surface area contributed by atoms with Crippen molar-refractivity contribution in [1.82, 2.24) is 0 Å². The lowest BCUT2D eigenvalue weighted by Gasteiger charge is -2.40. The van der Waals surface area contributed by atoms with Crippen LogP contribution in [-0.2, 0) is 42.9 Å². The van der Waals surface area contributed by atoms with E-state index < -0.39 is 67.3 Å². The number of aliphatic hydroxyl groups is 2. The fourth-order valence-corrected chi connectivity index (χ4v) is 7.86. The van der Waals surface area contributed by atoms with Gasteiger partial charge in [-0.15, -0.1) is 0 Å². The number of ether oxygens (including phenoxy) is 5. The number of aliphatic carboxylic acids is 1. The second-order valence-corrected chi connectivity index (χ2v) is 18.2. The highest BCUT2D eigenvalue weighted by atomic mass is 16.7. The highest BCUT2D eigenvalue weighted by molar-refractivity contribution is 5.74. The lowest BCUT2D eigenvalue weighted by atomic mass is 9.98. The summed E-state index contributed by atoms with van der Waals surface area (Å²) in [6, 6.07) is 0. The molecule has 12 nitrogen and oxygen atoms in total. The quantitative estimate of drug-likeness (QED) is 0.0229. The molecule has 0 bridgehead atoms. The Hall–Kier alpha value is -2.80. The molecule has 1 saturated heterocycles. The number of rotatable bonds is 44. The number of allylic oxidation sites excluding steroid dienone is 4. The molecule has 1 heterocycles. The lowest BCUT2D eigenvalue weighted by Crippen LogP contribution is -2.61. The second-order valence-electron chi connectivity index (χ2n) is 18.2. The maximum absolute atomic E-state index is 13.0. The molecule has 6 atom stereocenters. The standard InChI is InChI=1S/C53H94O12/c1-4-7-10-13-16-19-22-23-26-29-32-35-38-41-47(56)64-51-49(58)48(57)50(52(59)60)65-53(51)62-43-44(63-46(55)40-37-34-31-28-25-21-18-15-12-9-6-3)42-61-45(54)39-36-33-30-27-24-20-17-14-11-8-5-2/h14-15,17-18,44,48-51,53,57-58H,4-13,16,19-43H2,1-3H3,(H,59,60)/b17-14-,18-15-. The van der Waals surface area contributed by atoms with Crippen LogP contribution in [0, 0.1) is 0 Å². The molecule has 0 amide bonds. The highest BCUT2D eigenvalue weighted by Gasteiger charge is 2.50. The fourth-order valence-electron chi connectivity index (χ4n) is 7.86. The van der Waals surface area contributed by atoms with E-state index in [1.807, 2.05) is 0 Å². The largest absolute Gasteiger partial charge is 0.479 e. The molecule has 65 heavy (non-hydrogen) atoms. The zero-order valence-corrected chi connectivity index (χ0v) is 41.2. The summed E-state index contributed by atoms with van der Waals surface area (Å²) in [5.74, 6) is -3.13. The Morgan fingerprint density at radius 2 is 0.892 bits per heavy atom. The number of carbonyl (C=O) groups is 4. The average molecular weight is 923 g/mol. The van der Waals surface area contributed by atoms with Crippen molar-refractivity contribution < 1.29 is 58.2 Å². The first-order valence-electron chi connectivity index (χ1n) is 26.3. The van der Waals surface area contributed by atoms with Crippen LogP contribution < -0.4 is 0 Å². The zero-order chi connectivity index (χ0) is 47.6. The molecule has 378 valence electrons. The Morgan fingerprint density at radius 3 is 1.35 bits per heavy atom. The van der Waals surface area contributed by atoms with Crippen molar-refractivity contribution in [3.8, 4) is 0 Å². The van der Waals surface area contributed by atoms with E-state index in [0.717, 1.165) is 103 Å². The van der Waals surface area contributed by atoms with Crippen molar-refractivity contribution in [3.05, 3.63) is 24.3 Å². The van der Waals surface area contributed by atoms with Gasteiger partial charge in [-0.1, -0.05) is 186 Å². The van der Waals surface area contributed by atoms with Crippen LogP contribution >= 0.6 is 0 Å². The van der Waals surface area contributed by atoms with Crippen LogP contribution in [-0.4, -0.2) is 89.2 Å². The van der Waals surface area contributed by atoms with E-state index in [-0.39, 0.29) is 25.9 Å². The normalized spacial score (nSPS) is 19.2. The molecule has 0 spiro atoms. The van der Waals surface area contributed by atoms with Crippen LogP contribution in [0.4, 0.5) is 0 Å². The topological polar surface area (TPSA) is 175 Å². The Labute approximate surface area is 394 Å². The third-order valence-electron chi connectivity index (χ3n) is 12.0. The predicted octanol–water partition coefficient (Wildman–Crippen LogP) is 12.3. The van der Waals surface area contributed by atoms with Gasteiger partial charge < -0.3 is 39.0 Å². The third kappa shape index (κ3) is 33.3. The van der Waals surface area contributed by atoms with Crippen molar-refractivity contribution in [2.24, 2.45) is 0 Å². The summed E-state index contributed by atoms with van der Waals surface area (Å²) in [4.78, 5) is 50.7. The van der Waals surface area contributed by atoms with Crippen molar-refractivity contribution in [2.45, 2.75) is 276 Å². The number of hydrogen-bond donors (Lipinski definition) is 3. The van der Waals surface area contributed by atoms with Gasteiger partial charge in [0.05, 0.1) is 6.61 Å². The van der Waals surface area contributed by atoms with Crippen molar-refractivity contribution in [2.75, 3.05) is 13.2 Å². The van der Waals surface area contributed by atoms with Crippen LogP contribution in [0.2, 0.25) is 0 Å². The molecule has 0 aromatic carbocycles. The van der Waals surface area contributed by atoms with Crippen molar-refractivity contribution in [1.29, 1.82) is 0 Å². The molecule has 0 aromatic heterocycles. The SMILES string of the molecule is CCCC/C=C\CCCCCCCC(=O)OCC(COC1OC(C(=O)O)C(O)C(O)C1OC(=O)CCCCCCCCCCCCCCC)OC(=O)CCCCCCC/C=C\CCCC. The minimum Gasteiger partial charge on any atom is -0.479 e. The monoisotopic (exact) mass is 923 g/mol. The predicted molar refractivity (Wildman–Crippen MR) is 257 cm³/mol.